The highest BCUT2D eigenvalue weighted by molar-refractivity contribution is 5.92. The second-order valence-electron chi connectivity index (χ2n) is 3.81. The molecule has 0 unspecified atom stereocenters. The summed E-state index contributed by atoms with van der Waals surface area (Å²) in [6, 6.07) is 5.91. The molecule has 1 aromatic rings. The van der Waals surface area contributed by atoms with Gasteiger partial charge < -0.3 is 10.2 Å². The first-order chi connectivity index (χ1) is 8.29. The molecule has 4 nitrogen and oxygen atoms in total. The molecular formula is C13H14N2O2. The fourth-order valence-electron chi connectivity index (χ4n) is 1.81. The van der Waals surface area contributed by atoms with E-state index in [1.54, 1.807) is 0 Å². The number of nitrogens with zero attached hydrogens (tertiary/aromatic N) is 1. The molecular weight excluding hydrogens is 216 g/mol. The predicted octanol–water partition coefficient (Wildman–Crippen LogP) is 2.22. The Morgan fingerprint density at radius 3 is 3.24 bits per heavy atom. The summed E-state index contributed by atoms with van der Waals surface area (Å²) >= 11 is 0. The summed E-state index contributed by atoms with van der Waals surface area (Å²) in [6.07, 6.45) is 6.36. The molecule has 17 heavy (non-hydrogen) atoms. The SMILES string of the molecule is C=NOCC(=O)Nc1ccc2c(c1)C=CCC2. The Labute approximate surface area is 100.0 Å². The minimum absolute atomic E-state index is 0.115. The number of amides is 1. The zero-order valence-corrected chi connectivity index (χ0v) is 9.48. The van der Waals surface area contributed by atoms with Crippen LogP contribution in [0, 0.1) is 0 Å². The Kier molecular flexibility index (Phi) is 3.55. The van der Waals surface area contributed by atoms with Crippen molar-refractivity contribution in [1.29, 1.82) is 0 Å². The highest BCUT2D eigenvalue weighted by atomic mass is 16.6. The smallest absolute Gasteiger partial charge is 0.265 e. The van der Waals surface area contributed by atoms with Gasteiger partial charge in [0, 0.05) is 12.4 Å². The summed E-state index contributed by atoms with van der Waals surface area (Å²) in [5.41, 5.74) is 3.25. The number of rotatable bonds is 4. The van der Waals surface area contributed by atoms with Gasteiger partial charge >= 0.3 is 0 Å². The van der Waals surface area contributed by atoms with Gasteiger partial charge in [0.05, 0.1) is 0 Å². The van der Waals surface area contributed by atoms with Crippen LogP contribution in [-0.4, -0.2) is 19.2 Å². The first kappa shape index (κ1) is 11.4. The quantitative estimate of drug-likeness (QED) is 0.637. The topological polar surface area (TPSA) is 50.7 Å². The average molecular weight is 230 g/mol. The summed E-state index contributed by atoms with van der Waals surface area (Å²) in [6.45, 7) is 3.02. The molecule has 0 saturated carbocycles. The summed E-state index contributed by atoms with van der Waals surface area (Å²) in [5.74, 6) is -0.239. The van der Waals surface area contributed by atoms with Gasteiger partial charge in [-0.3, -0.25) is 4.79 Å². The van der Waals surface area contributed by atoms with Crippen LogP contribution >= 0.6 is 0 Å². The van der Waals surface area contributed by atoms with Crippen LogP contribution in [0.5, 0.6) is 0 Å². The van der Waals surface area contributed by atoms with E-state index in [4.69, 9.17) is 0 Å². The summed E-state index contributed by atoms with van der Waals surface area (Å²) in [7, 11) is 0. The van der Waals surface area contributed by atoms with Gasteiger partial charge in [0.2, 0.25) is 0 Å². The molecule has 0 bridgehead atoms. The van der Waals surface area contributed by atoms with Gasteiger partial charge in [0.15, 0.2) is 6.61 Å². The van der Waals surface area contributed by atoms with Crippen molar-refractivity contribution < 1.29 is 9.63 Å². The van der Waals surface area contributed by atoms with Crippen LogP contribution < -0.4 is 5.32 Å². The zero-order chi connectivity index (χ0) is 12.1. The molecule has 0 spiro atoms. The molecule has 4 heteroatoms. The van der Waals surface area contributed by atoms with E-state index in [9.17, 15) is 4.79 Å². The van der Waals surface area contributed by atoms with Gasteiger partial charge in [0.1, 0.15) is 0 Å². The third kappa shape index (κ3) is 2.93. The van der Waals surface area contributed by atoms with Crippen molar-refractivity contribution in [2.24, 2.45) is 5.16 Å². The van der Waals surface area contributed by atoms with Gasteiger partial charge in [-0.05, 0) is 36.1 Å². The van der Waals surface area contributed by atoms with E-state index in [-0.39, 0.29) is 12.5 Å². The fourth-order valence-corrected chi connectivity index (χ4v) is 1.81. The Morgan fingerprint density at radius 1 is 1.53 bits per heavy atom. The Morgan fingerprint density at radius 2 is 2.41 bits per heavy atom. The van der Waals surface area contributed by atoms with E-state index >= 15 is 0 Å². The van der Waals surface area contributed by atoms with Gasteiger partial charge in [-0.15, -0.1) is 5.16 Å². The second kappa shape index (κ2) is 5.30. The molecule has 0 radical (unpaired) electrons. The minimum atomic E-state index is -0.239. The molecule has 0 heterocycles. The second-order valence-corrected chi connectivity index (χ2v) is 3.81. The van der Waals surface area contributed by atoms with E-state index in [1.165, 1.54) is 5.56 Å². The number of hydrogen-bond acceptors (Lipinski definition) is 3. The lowest BCUT2D eigenvalue weighted by atomic mass is 9.97. The molecule has 88 valence electrons. The third-order valence-electron chi connectivity index (χ3n) is 2.59. The average Bonchev–Trinajstić information content (AvgIpc) is 2.36. The Balaban J connectivity index is 2.05. The monoisotopic (exact) mass is 230 g/mol. The Bertz CT molecular complexity index is 466. The van der Waals surface area contributed by atoms with Gasteiger partial charge in [-0.25, -0.2) is 0 Å². The van der Waals surface area contributed by atoms with E-state index in [0.717, 1.165) is 24.1 Å². The van der Waals surface area contributed by atoms with Crippen LogP contribution in [0.2, 0.25) is 0 Å². The number of allylic oxidation sites excluding steroid dienone is 1. The number of anilines is 1. The van der Waals surface area contributed by atoms with Crippen molar-refractivity contribution in [3.63, 3.8) is 0 Å². The van der Waals surface area contributed by atoms with Gasteiger partial charge in [0.25, 0.3) is 5.91 Å². The number of nitrogens with one attached hydrogen (secondary N) is 1. The van der Waals surface area contributed by atoms with Crippen molar-refractivity contribution in [2.75, 3.05) is 11.9 Å². The largest absolute Gasteiger partial charge is 0.386 e. The molecule has 0 saturated heterocycles. The molecule has 1 aliphatic rings. The molecule has 2 rings (SSSR count). The van der Waals surface area contributed by atoms with Gasteiger partial charge in [-0.1, -0.05) is 18.2 Å². The molecule has 0 atom stereocenters. The predicted molar refractivity (Wildman–Crippen MR) is 67.9 cm³/mol. The molecule has 0 aromatic heterocycles. The summed E-state index contributed by atoms with van der Waals surface area (Å²) in [4.78, 5) is 16.0. The van der Waals surface area contributed by atoms with Crippen LogP contribution in [-0.2, 0) is 16.1 Å². The van der Waals surface area contributed by atoms with Crippen LogP contribution in [0.1, 0.15) is 17.5 Å². The number of aryl methyl sites for hydroxylation is 1. The maximum Gasteiger partial charge on any atom is 0.265 e. The van der Waals surface area contributed by atoms with Crippen LogP contribution in [0.25, 0.3) is 6.08 Å². The van der Waals surface area contributed by atoms with Crippen molar-refractivity contribution in [3.05, 3.63) is 35.4 Å². The molecule has 1 N–H and O–H groups in total. The molecule has 1 aliphatic carbocycles. The zero-order valence-electron chi connectivity index (χ0n) is 9.48. The number of carbonyl (C=O) groups is 1. The molecule has 0 fully saturated rings. The van der Waals surface area contributed by atoms with E-state index in [0.29, 0.717) is 0 Å². The van der Waals surface area contributed by atoms with Crippen molar-refractivity contribution >= 4 is 24.4 Å². The fraction of sp³-hybridized carbons (Fsp3) is 0.231. The first-order valence-corrected chi connectivity index (χ1v) is 5.47. The highest BCUT2D eigenvalue weighted by Crippen LogP contribution is 2.22. The third-order valence-corrected chi connectivity index (χ3v) is 2.59. The maximum absolute atomic E-state index is 11.4. The Hall–Kier alpha value is -2.10. The first-order valence-electron chi connectivity index (χ1n) is 5.47. The molecule has 0 aliphatic heterocycles. The maximum atomic E-state index is 11.4. The number of carbonyl (C=O) groups excluding carboxylic acids is 1. The lowest BCUT2D eigenvalue weighted by Crippen LogP contribution is -2.17. The molecule has 1 aromatic carbocycles. The number of fused-ring (bicyclic) bond motifs is 1. The summed E-state index contributed by atoms with van der Waals surface area (Å²) < 4.78 is 0. The van der Waals surface area contributed by atoms with Crippen LogP contribution in [0.4, 0.5) is 5.69 Å². The summed E-state index contributed by atoms with van der Waals surface area (Å²) in [5, 5.41) is 5.91. The standard InChI is InChI=1S/C13H14N2O2/c1-14-17-9-13(16)15-12-7-6-10-4-2-3-5-11(10)8-12/h3,5-8H,1-2,4,9H2,(H,15,16). The van der Waals surface area contributed by atoms with Crippen molar-refractivity contribution in [2.45, 2.75) is 12.8 Å². The van der Waals surface area contributed by atoms with Gasteiger partial charge in [-0.2, -0.15) is 0 Å². The van der Waals surface area contributed by atoms with E-state index in [1.807, 2.05) is 18.2 Å². The number of hydrogen-bond donors (Lipinski definition) is 1. The molecule has 1 amide bonds. The number of oxime groups is 1. The van der Waals surface area contributed by atoms with Crippen molar-refractivity contribution in [3.8, 4) is 0 Å². The van der Waals surface area contributed by atoms with E-state index < -0.39 is 0 Å². The van der Waals surface area contributed by atoms with Crippen LogP contribution in [0.3, 0.4) is 0 Å². The lowest BCUT2D eigenvalue weighted by molar-refractivity contribution is -0.120. The number of benzene rings is 1. The lowest BCUT2D eigenvalue weighted by Gasteiger charge is -2.12. The van der Waals surface area contributed by atoms with E-state index in [2.05, 4.69) is 34.2 Å². The minimum Gasteiger partial charge on any atom is -0.386 e. The highest BCUT2D eigenvalue weighted by Gasteiger charge is 2.07. The van der Waals surface area contributed by atoms with Crippen LogP contribution in [0.15, 0.2) is 29.4 Å². The van der Waals surface area contributed by atoms with Crippen molar-refractivity contribution in [1.82, 2.24) is 0 Å². The normalized spacial score (nSPS) is 12.7.